The minimum Gasteiger partial charge on any atom is -0.394 e. The molecular weight excluding hydrogens is 545 g/mol. The van der Waals surface area contributed by atoms with Crippen LogP contribution in [0.25, 0.3) is 17.0 Å². The molecule has 1 aliphatic rings. The van der Waals surface area contributed by atoms with Crippen LogP contribution in [-0.4, -0.2) is 76.9 Å². The minimum atomic E-state index is -4.75. The molecule has 1 unspecified atom stereocenters. The average Bonchev–Trinajstić information content (AvgIpc) is 3.40. The molecule has 3 aromatic rings. The molecule has 0 aliphatic carbocycles. The number of rotatable bonds is 7. The zero-order valence-corrected chi connectivity index (χ0v) is 21.8. The first kappa shape index (κ1) is 27.8. The van der Waals surface area contributed by atoms with Crippen LogP contribution in [0.5, 0.6) is 0 Å². The summed E-state index contributed by atoms with van der Waals surface area (Å²) in [5.74, 6) is -0.455. The number of amides is 1. The van der Waals surface area contributed by atoms with E-state index in [9.17, 15) is 31.5 Å². The van der Waals surface area contributed by atoms with Crippen molar-refractivity contribution in [3.8, 4) is 0 Å². The predicted octanol–water partition coefficient (Wildman–Crippen LogP) is 2.76. The molecule has 0 radical (unpaired) electrons. The number of amidine groups is 1. The Bertz CT molecular complexity index is 1560. The molecule has 0 fully saturated rings. The number of carbonyl (C=O) groups excluding carboxylic acids is 1. The molecule has 1 amide bonds. The van der Waals surface area contributed by atoms with Crippen LogP contribution < -0.4 is 0 Å². The summed E-state index contributed by atoms with van der Waals surface area (Å²) in [5.41, 5.74) is 0.0204. The van der Waals surface area contributed by atoms with Crippen LogP contribution in [0.15, 0.2) is 57.4 Å². The number of sulfone groups is 1. The Hall–Kier alpha value is -3.20. The number of nitrogens with zero attached hydrogens (tertiary/aromatic N) is 4. The van der Waals surface area contributed by atoms with E-state index in [4.69, 9.17) is 5.11 Å². The number of thioether (sulfide) groups is 1. The Morgan fingerprint density at radius 3 is 2.61 bits per heavy atom. The van der Waals surface area contributed by atoms with Gasteiger partial charge in [0, 0.05) is 25.2 Å². The number of carbonyl (C=O) groups is 1. The number of hydrogen-bond donors (Lipinski definition) is 2. The highest BCUT2D eigenvalue weighted by atomic mass is 32.2. The van der Waals surface area contributed by atoms with Gasteiger partial charge in [-0.3, -0.25) is 9.48 Å². The molecular formula is C24H23F3N4O5S2. The molecule has 202 valence electrons. The Balaban J connectivity index is 1.58. The number of aromatic nitrogens is 2. The van der Waals surface area contributed by atoms with Gasteiger partial charge >= 0.3 is 6.18 Å². The Kier molecular flexibility index (Phi) is 7.70. The van der Waals surface area contributed by atoms with Gasteiger partial charge in [0.2, 0.25) is 0 Å². The van der Waals surface area contributed by atoms with E-state index < -0.39 is 45.1 Å². The van der Waals surface area contributed by atoms with E-state index in [1.165, 1.54) is 10.9 Å². The monoisotopic (exact) mass is 568 g/mol. The maximum Gasteiger partial charge on any atom is 0.416 e. The van der Waals surface area contributed by atoms with Crippen molar-refractivity contribution >= 4 is 49.7 Å². The number of aliphatic hydroxyl groups is 2. The van der Waals surface area contributed by atoms with E-state index in [2.05, 4.69) is 10.1 Å². The van der Waals surface area contributed by atoms with Crippen LogP contribution in [0.4, 0.5) is 13.2 Å². The van der Waals surface area contributed by atoms with E-state index in [-0.39, 0.29) is 18.7 Å². The molecule has 14 heteroatoms. The number of fused-ring (bicyclic) bond motifs is 1. The summed E-state index contributed by atoms with van der Waals surface area (Å²) in [7, 11) is -2.18. The molecule has 2 aromatic carbocycles. The van der Waals surface area contributed by atoms with Crippen molar-refractivity contribution in [1.29, 1.82) is 0 Å². The summed E-state index contributed by atoms with van der Waals surface area (Å²) in [6, 6.07) is 8.01. The predicted molar refractivity (Wildman–Crippen MR) is 137 cm³/mol. The molecule has 2 N–H and O–H groups in total. The molecule has 38 heavy (non-hydrogen) atoms. The summed E-state index contributed by atoms with van der Waals surface area (Å²) >= 11 is 1.12. The second-order valence-corrected chi connectivity index (χ2v) is 11.8. The summed E-state index contributed by atoms with van der Waals surface area (Å²) in [6.07, 6.45) is -1.77. The van der Waals surface area contributed by atoms with Crippen molar-refractivity contribution < 1.29 is 36.6 Å². The molecule has 0 saturated heterocycles. The number of halogens is 3. The van der Waals surface area contributed by atoms with Crippen LogP contribution in [0.2, 0.25) is 0 Å². The second-order valence-electron chi connectivity index (χ2n) is 8.74. The fourth-order valence-corrected chi connectivity index (χ4v) is 5.37. The van der Waals surface area contributed by atoms with Crippen molar-refractivity contribution in [3.63, 3.8) is 0 Å². The molecule has 1 aromatic heterocycles. The number of aliphatic imine (C=N–C) groups is 1. The van der Waals surface area contributed by atoms with Gasteiger partial charge in [-0.1, -0.05) is 12.1 Å². The largest absolute Gasteiger partial charge is 0.416 e. The van der Waals surface area contributed by atoms with Crippen molar-refractivity contribution in [2.75, 3.05) is 26.5 Å². The van der Waals surface area contributed by atoms with Crippen LogP contribution in [-0.2, 0) is 27.4 Å². The summed E-state index contributed by atoms with van der Waals surface area (Å²) in [4.78, 5) is 17.8. The van der Waals surface area contributed by atoms with Gasteiger partial charge in [-0.25, -0.2) is 8.42 Å². The molecule has 0 saturated carbocycles. The number of hydrogen-bond acceptors (Lipinski definition) is 8. The molecule has 9 nitrogen and oxygen atoms in total. The minimum absolute atomic E-state index is 0.0983. The standard InChI is InChI=1S/C24H23F3N4O5S2/c1-30(12-17(33)13-32)23-29-22(34)21(37-23)8-14-3-6-20-16(7-14)10-28-31(20)11-15-4-5-18(38(2,35)36)9-19(15)24(25,26)27/h3-10,17,32-33H,11-13H2,1-2H3. The smallest absolute Gasteiger partial charge is 0.394 e. The molecule has 0 bridgehead atoms. The Labute approximate surface area is 220 Å². The quantitative estimate of drug-likeness (QED) is 0.417. The van der Waals surface area contributed by atoms with E-state index in [1.54, 1.807) is 36.2 Å². The normalized spacial score (nSPS) is 16.3. The molecule has 4 rings (SSSR count). The van der Waals surface area contributed by atoms with Crippen molar-refractivity contribution in [3.05, 3.63) is 64.2 Å². The lowest BCUT2D eigenvalue weighted by atomic mass is 10.1. The highest BCUT2D eigenvalue weighted by Gasteiger charge is 2.34. The highest BCUT2D eigenvalue weighted by Crippen LogP contribution is 2.35. The number of alkyl halides is 3. The van der Waals surface area contributed by atoms with E-state index in [0.717, 1.165) is 30.2 Å². The topological polar surface area (TPSA) is 125 Å². The molecule has 1 atom stereocenters. The van der Waals surface area contributed by atoms with Gasteiger partial charge < -0.3 is 15.1 Å². The molecule has 0 spiro atoms. The number of benzene rings is 2. The third-order valence-corrected chi connectivity index (χ3v) is 7.94. The van der Waals surface area contributed by atoms with Crippen molar-refractivity contribution in [2.24, 2.45) is 4.99 Å². The van der Waals surface area contributed by atoms with Gasteiger partial charge in [-0.15, -0.1) is 0 Å². The summed E-state index contributed by atoms with van der Waals surface area (Å²) < 4.78 is 66.0. The van der Waals surface area contributed by atoms with Crippen LogP contribution in [0.3, 0.4) is 0 Å². The average molecular weight is 569 g/mol. The van der Waals surface area contributed by atoms with Gasteiger partial charge in [-0.05, 0) is 53.2 Å². The summed E-state index contributed by atoms with van der Waals surface area (Å²) in [5, 5.41) is 23.8. The van der Waals surface area contributed by atoms with Crippen molar-refractivity contribution in [1.82, 2.24) is 14.7 Å². The van der Waals surface area contributed by atoms with Crippen LogP contribution in [0, 0.1) is 0 Å². The maximum absolute atomic E-state index is 13.7. The molecule has 1 aliphatic heterocycles. The van der Waals surface area contributed by atoms with Gasteiger partial charge in [0.05, 0.1) is 46.3 Å². The Morgan fingerprint density at radius 1 is 1.21 bits per heavy atom. The lowest BCUT2D eigenvalue weighted by Gasteiger charge is -2.19. The first-order chi connectivity index (χ1) is 17.8. The SMILES string of the molecule is CN(CC(O)CO)C1=NC(=O)C(=Cc2ccc3c(cnn3Cc3ccc(S(C)(=O)=O)cc3C(F)(F)F)c2)S1. The van der Waals surface area contributed by atoms with E-state index in [0.29, 0.717) is 32.6 Å². The van der Waals surface area contributed by atoms with Gasteiger partial charge in [0.15, 0.2) is 15.0 Å². The first-order valence-corrected chi connectivity index (χ1v) is 13.9. The van der Waals surface area contributed by atoms with Gasteiger partial charge in [0.25, 0.3) is 5.91 Å². The highest BCUT2D eigenvalue weighted by molar-refractivity contribution is 8.18. The van der Waals surface area contributed by atoms with Crippen molar-refractivity contribution in [2.45, 2.75) is 23.7 Å². The van der Waals surface area contributed by atoms with E-state index in [1.807, 2.05) is 0 Å². The zero-order chi connectivity index (χ0) is 27.8. The number of likely N-dealkylation sites (N-methyl/N-ethyl adjacent to an activating group) is 1. The second kappa shape index (κ2) is 10.5. The third-order valence-electron chi connectivity index (χ3n) is 5.73. The van der Waals surface area contributed by atoms with Gasteiger partial charge in [-0.2, -0.15) is 23.3 Å². The van der Waals surface area contributed by atoms with Crippen LogP contribution >= 0.6 is 11.8 Å². The summed E-state index contributed by atoms with van der Waals surface area (Å²) in [6.45, 7) is -0.558. The third kappa shape index (κ3) is 6.09. The first-order valence-electron chi connectivity index (χ1n) is 11.1. The number of aliphatic hydroxyl groups excluding tert-OH is 2. The Morgan fingerprint density at radius 2 is 1.95 bits per heavy atom. The lowest BCUT2D eigenvalue weighted by molar-refractivity contribution is -0.138. The fraction of sp³-hybridized carbons (Fsp3) is 0.292. The maximum atomic E-state index is 13.7. The van der Waals surface area contributed by atoms with Crippen LogP contribution in [0.1, 0.15) is 16.7 Å². The molecule has 2 heterocycles. The van der Waals surface area contributed by atoms with E-state index >= 15 is 0 Å². The zero-order valence-electron chi connectivity index (χ0n) is 20.2. The van der Waals surface area contributed by atoms with Gasteiger partial charge in [0.1, 0.15) is 0 Å². The lowest BCUT2D eigenvalue weighted by Crippen LogP contribution is -2.33. The fourth-order valence-electron chi connectivity index (χ4n) is 3.84.